The topological polar surface area (TPSA) is 58.4 Å². The number of nitro benzene ring substituents is 1. The Labute approximate surface area is 107 Å². The van der Waals surface area contributed by atoms with Crippen LogP contribution in [0.5, 0.6) is 0 Å². The molecule has 1 saturated heterocycles. The molecule has 1 N–H and O–H groups in total. The first-order valence-corrected chi connectivity index (χ1v) is 6.30. The van der Waals surface area contributed by atoms with Crippen molar-refractivity contribution in [2.45, 2.75) is 13.0 Å². The zero-order valence-electron chi connectivity index (χ0n) is 10.6. The smallest absolute Gasteiger partial charge is 0.273 e. The second-order valence-electron chi connectivity index (χ2n) is 4.83. The number of likely N-dealkylation sites (tertiary alicyclic amines) is 1. The van der Waals surface area contributed by atoms with Gasteiger partial charge in [0.2, 0.25) is 0 Å². The molecule has 0 radical (unpaired) electrons. The summed E-state index contributed by atoms with van der Waals surface area (Å²) in [4.78, 5) is 12.9. The van der Waals surface area contributed by atoms with Crippen molar-refractivity contribution in [3.63, 3.8) is 0 Å². The SMILES string of the molecule is CNCC1CCN(Cc2ccccc2[N+](=O)[O-])C1. The zero-order valence-corrected chi connectivity index (χ0v) is 10.6. The summed E-state index contributed by atoms with van der Waals surface area (Å²) >= 11 is 0. The maximum absolute atomic E-state index is 10.9. The van der Waals surface area contributed by atoms with Gasteiger partial charge in [-0.2, -0.15) is 0 Å². The first-order chi connectivity index (χ1) is 8.70. The van der Waals surface area contributed by atoms with E-state index in [1.165, 1.54) is 6.42 Å². The van der Waals surface area contributed by atoms with Gasteiger partial charge < -0.3 is 5.32 Å². The molecule has 1 aliphatic heterocycles. The lowest BCUT2D eigenvalue weighted by atomic mass is 10.1. The highest BCUT2D eigenvalue weighted by Gasteiger charge is 2.23. The molecule has 1 atom stereocenters. The van der Waals surface area contributed by atoms with Crippen LogP contribution in [0.1, 0.15) is 12.0 Å². The molecule has 18 heavy (non-hydrogen) atoms. The van der Waals surface area contributed by atoms with Crippen LogP contribution in [0.3, 0.4) is 0 Å². The summed E-state index contributed by atoms with van der Waals surface area (Å²) < 4.78 is 0. The van der Waals surface area contributed by atoms with Gasteiger partial charge in [0.25, 0.3) is 5.69 Å². The fourth-order valence-corrected chi connectivity index (χ4v) is 2.58. The number of nitrogens with zero attached hydrogens (tertiary/aromatic N) is 2. The van der Waals surface area contributed by atoms with Crippen LogP contribution in [0.2, 0.25) is 0 Å². The number of hydrogen-bond acceptors (Lipinski definition) is 4. The summed E-state index contributed by atoms with van der Waals surface area (Å²) in [5.41, 5.74) is 1.04. The first kappa shape index (κ1) is 13.0. The van der Waals surface area contributed by atoms with Crippen LogP contribution in [0, 0.1) is 16.0 Å². The van der Waals surface area contributed by atoms with Gasteiger partial charge in [-0.1, -0.05) is 18.2 Å². The van der Waals surface area contributed by atoms with E-state index in [1.54, 1.807) is 12.1 Å². The van der Waals surface area contributed by atoms with Gasteiger partial charge in [-0.05, 0) is 32.5 Å². The van der Waals surface area contributed by atoms with E-state index < -0.39 is 0 Å². The maximum atomic E-state index is 10.9. The lowest BCUT2D eigenvalue weighted by Crippen LogP contribution is -2.24. The first-order valence-electron chi connectivity index (χ1n) is 6.30. The van der Waals surface area contributed by atoms with E-state index in [-0.39, 0.29) is 10.6 Å². The summed E-state index contributed by atoms with van der Waals surface area (Å²) in [7, 11) is 1.96. The number of hydrogen-bond donors (Lipinski definition) is 1. The molecule has 1 aromatic carbocycles. The van der Waals surface area contributed by atoms with E-state index in [9.17, 15) is 10.1 Å². The van der Waals surface area contributed by atoms with Crippen LogP contribution in [0.4, 0.5) is 5.69 Å². The largest absolute Gasteiger partial charge is 0.319 e. The van der Waals surface area contributed by atoms with E-state index in [1.807, 2.05) is 19.2 Å². The van der Waals surface area contributed by atoms with Gasteiger partial charge in [0.05, 0.1) is 4.92 Å². The van der Waals surface area contributed by atoms with E-state index in [4.69, 9.17) is 0 Å². The van der Waals surface area contributed by atoms with Crippen LogP contribution in [-0.4, -0.2) is 36.5 Å². The molecule has 1 unspecified atom stereocenters. The molecule has 1 heterocycles. The van der Waals surface area contributed by atoms with Gasteiger partial charge in [0.1, 0.15) is 0 Å². The van der Waals surface area contributed by atoms with Gasteiger partial charge in [-0.3, -0.25) is 15.0 Å². The van der Waals surface area contributed by atoms with E-state index in [0.717, 1.165) is 25.2 Å². The molecule has 0 saturated carbocycles. The lowest BCUT2D eigenvalue weighted by molar-refractivity contribution is -0.385. The van der Waals surface area contributed by atoms with Crippen molar-refractivity contribution in [2.75, 3.05) is 26.7 Å². The van der Waals surface area contributed by atoms with Crippen LogP contribution in [-0.2, 0) is 6.54 Å². The third-order valence-electron chi connectivity index (χ3n) is 3.45. The molecular formula is C13H19N3O2. The van der Waals surface area contributed by atoms with Crippen molar-refractivity contribution in [1.82, 2.24) is 10.2 Å². The van der Waals surface area contributed by atoms with Gasteiger partial charge in [0.15, 0.2) is 0 Å². The molecule has 0 spiro atoms. The molecule has 5 nitrogen and oxygen atoms in total. The van der Waals surface area contributed by atoms with Crippen molar-refractivity contribution in [3.8, 4) is 0 Å². The van der Waals surface area contributed by atoms with Crippen molar-refractivity contribution in [1.29, 1.82) is 0 Å². The van der Waals surface area contributed by atoms with E-state index in [2.05, 4.69) is 10.2 Å². The normalized spacial score (nSPS) is 20.2. The Balaban J connectivity index is 2.00. The Hall–Kier alpha value is -1.46. The average molecular weight is 249 g/mol. The van der Waals surface area contributed by atoms with Gasteiger partial charge in [-0.25, -0.2) is 0 Å². The minimum Gasteiger partial charge on any atom is -0.319 e. The minimum absolute atomic E-state index is 0.231. The van der Waals surface area contributed by atoms with Crippen LogP contribution >= 0.6 is 0 Å². The lowest BCUT2D eigenvalue weighted by Gasteiger charge is -2.16. The molecule has 0 aliphatic carbocycles. The zero-order chi connectivity index (χ0) is 13.0. The number of rotatable bonds is 5. The van der Waals surface area contributed by atoms with Crippen molar-refractivity contribution in [2.24, 2.45) is 5.92 Å². The Morgan fingerprint density at radius 2 is 2.28 bits per heavy atom. The standard InChI is InChI=1S/C13H19N3O2/c1-14-8-11-6-7-15(9-11)10-12-4-2-3-5-13(12)16(17)18/h2-5,11,14H,6-10H2,1H3. The van der Waals surface area contributed by atoms with Gasteiger partial charge >= 0.3 is 0 Å². The Morgan fingerprint density at radius 3 is 3.00 bits per heavy atom. The number of nitro groups is 1. The Kier molecular flexibility index (Phi) is 4.28. The van der Waals surface area contributed by atoms with Gasteiger partial charge in [0, 0.05) is 24.7 Å². The monoisotopic (exact) mass is 249 g/mol. The average Bonchev–Trinajstić information content (AvgIpc) is 2.77. The summed E-state index contributed by atoms with van der Waals surface area (Å²) in [5.74, 6) is 0.665. The summed E-state index contributed by atoms with van der Waals surface area (Å²) in [5, 5.41) is 14.1. The minimum atomic E-state index is -0.295. The predicted molar refractivity (Wildman–Crippen MR) is 70.4 cm³/mol. The van der Waals surface area contributed by atoms with Crippen LogP contribution in [0.15, 0.2) is 24.3 Å². The maximum Gasteiger partial charge on any atom is 0.273 e. The van der Waals surface area contributed by atoms with Crippen molar-refractivity contribution in [3.05, 3.63) is 39.9 Å². The quantitative estimate of drug-likeness (QED) is 0.636. The molecule has 1 fully saturated rings. The fraction of sp³-hybridized carbons (Fsp3) is 0.538. The molecule has 5 heteroatoms. The molecule has 0 bridgehead atoms. The summed E-state index contributed by atoms with van der Waals surface area (Å²) in [6.07, 6.45) is 1.17. The third kappa shape index (κ3) is 3.05. The van der Waals surface area contributed by atoms with E-state index >= 15 is 0 Å². The molecular weight excluding hydrogens is 230 g/mol. The molecule has 0 amide bonds. The van der Waals surface area contributed by atoms with Crippen molar-refractivity contribution >= 4 is 5.69 Å². The van der Waals surface area contributed by atoms with Gasteiger partial charge in [-0.15, -0.1) is 0 Å². The third-order valence-corrected chi connectivity index (χ3v) is 3.45. The van der Waals surface area contributed by atoms with Crippen LogP contribution < -0.4 is 5.32 Å². The highest BCUT2D eigenvalue weighted by Crippen LogP contribution is 2.23. The fourth-order valence-electron chi connectivity index (χ4n) is 2.58. The number of para-hydroxylation sites is 1. The van der Waals surface area contributed by atoms with E-state index in [0.29, 0.717) is 12.5 Å². The second-order valence-corrected chi connectivity index (χ2v) is 4.83. The summed E-state index contributed by atoms with van der Waals surface area (Å²) in [6.45, 7) is 3.75. The molecule has 2 rings (SSSR count). The van der Waals surface area contributed by atoms with Crippen molar-refractivity contribution < 1.29 is 4.92 Å². The number of benzene rings is 1. The molecule has 0 aromatic heterocycles. The highest BCUT2D eigenvalue weighted by atomic mass is 16.6. The van der Waals surface area contributed by atoms with Crippen LogP contribution in [0.25, 0.3) is 0 Å². The summed E-state index contributed by atoms with van der Waals surface area (Å²) in [6, 6.07) is 7.01. The second kappa shape index (κ2) is 5.93. The molecule has 98 valence electrons. The highest BCUT2D eigenvalue weighted by molar-refractivity contribution is 5.39. The Morgan fingerprint density at radius 1 is 1.50 bits per heavy atom. The Bertz CT molecular complexity index is 422. The predicted octanol–water partition coefficient (Wildman–Crippen LogP) is 1.64. The molecule has 1 aliphatic rings. The molecule has 1 aromatic rings. The number of nitrogens with one attached hydrogen (secondary N) is 1.